The van der Waals surface area contributed by atoms with Gasteiger partial charge in [-0.2, -0.15) is 0 Å². The van der Waals surface area contributed by atoms with E-state index in [1.165, 1.54) is 0 Å². The summed E-state index contributed by atoms with van der Waals surface area (Å²) in [6, 6.07) is 0. The highest BCUT2D eigenvalue weighted by atomic mass is 16.1. The second kappa shape index (κ2) is 2.74. The average molecular weight is 153 g/mol. The molecule has 0 spiro atoms. The first-order valence-electron chi connectivity index (χ1n) is 3.50. The van der Waals surface area contributed by atoms with Crippen molar-refractivity contribution in [3.05, 3.63) is 21.6 Å². The third-order valence-corrected chi connectivity index (χ3v) is 1.61. The minimum absolute atomic E-state index is 0.144. The topological polar surface area (TPSA) is 71.8 Å². The number of hydrogen-bond donors (Lipinski definition) is 2. The second-order valence-corrected chi connectivity index (χ2v) is 2.38. The minimum atomic E-state index is -0.144. The van der Waals surface area contributed by atoms with Crippen molar-refractivity contribution >= 4 is 5.95 Å². The molecule has 0 aliphatic rings. The van der Waals surface area contributed by atoms with Crippen LogP contribution in [0.3, 0.4) is 0 Å². The van der Waals surface area contributed by atoms with Crippen LogP contribution in [0.15, 0.2) is 4.79 Å². The molecule has 0 amide bonds. The van der Waals surface area contributed by atoms with E-state index in [4.69, 9.17) is 5.73 Å². The Morgan fingerprint density at radius 1 is 1.64 bits per heavy atom. The van der Waals surface area contributed by atoms with Crippen molar-refractivity contribution in [3.8, 4) is 0 Å². The SMILES string of the molecule is CCc1nc(N)[nH]c(=O)c1C. The van der Waals surface area contributed by atoms with Gasteiger partial charge in [-0.15, -0.1) is 0 Å². The van der Waals surface area contributed by atoms with Gasteiger partial charge in [0.1, 0.15) is 0 Å². The van der Waals surface area contributed by atoms with E-state index in [1.807, 2.05) is 6.92 Å². The number of aryl methyl sites for hydroxylation is 1. The van der Waals surface area contributed by atoms with Crippen molar-refractivity contribution in [2.45, 2.75) is 20.3 Å². The van der Waals surface area contributed by atoms with Gasteiger partial charge >= 0.3 is 0 Å². The van der Waals surface area contributed by atoms with Crippen molar-refractivity contribution in [1.29, 1.82) is 0 Å². The lowest BCUT2D eigenvalue weighted by molar-refractivity contribution is 0.958. The van der Waals surface area contributed by atoms with E-state index in [1.54, 1.807) is 6.92 Å². The second-order valence-electron chi connectivity index (χ2n) is 2.38. The Bertz CT molecular complexity index is 316. The summed E-state index contributed by atoms with van der Waals surface area (Å²) in [4.78, 5) is 17.4. The van der Waals surface area contributed by atoms with Crippen LogP contribution >= 0.6 is 0 Å². The summed E-state index contributed by atoms with van der Waals surface area (Å²) in [6.07, 6.45) is 0.736. The van der Waals surface area contributed by atoms with Crippen LogP contribution in [0.5, 0.6) is 0 Å². The Morgan fingerprint density at radius 3 is 2.82 bits per heavy atom. The normalized spacial score (nSPS) is 10.0. The molecular formula is C7H11N3O. The van der Waals surface area contributed by atoms with Crippen molar-refractivity contribution < 1.29 is 0 Å². The zero-order chi connectivity index (χ0) is 8.43. The fraction of sp³-hybridized carbons (Fsp3) is 0.429. The van der Waals surface area contributed by atoms with E-state index < -0.39 is 0 Å². The summed E-state index contributed by atoms with van der Waals surface area (Å²) in [5.74, 6) is 0.192. The molecule has 4 nitrogen and oxygen atoms in total. The number of hydrogen-bond acceptors (Lipinski definition) is 3. The van der Waals surface area contributed by atoms with E-state index >= 15 is 0 Å². The molecule has 1 rings (SSSR count). The van der Waals surface area contributed by atoms with E-state index in [9.17, 15) is 4.79 Å². The van der Waals surface area contributed by atoms with Crippen molar-refractivity contribution in [2.24, 2.45) is 0 Å². The van der Waals surface area contributed by atoms with Gasteiger partial charge in [0.15, 0.2) is 0 Å². The molecule has 3 N–H and O–H groups in total. The number of nitrogen functional groups attached to an aromatic ring is 1. The third-order valence-electron chi connectivity index (χ3n) is 1.61. The van der Waals surface area contributed by atoms with Crippen LogP contribution in [0.4, 0.5) is 5.95 Å². The minimum Gasteiger partial charge on any atom is -0.369 e. The molecule has 0 aliphatic carbocycles. The first-order chi connectivity index (χ1) is 5.15. The Kier molecular flexibility index (Phi) is 1.94. The van der Waals surface area contributed by atoms with Gasteiger partial charge in [0.05, 0.1) is 5.69 Å². The van der Waals surface area contributed by atoms with E-state index in [-0.39, 0.29) is 11.5 Å². The van der Waals surface area contributed by atoms with Gasteiger partial charge in [-0.3, -0.25) is 9.78 Å². The van der Waals surface area contributed by atoms with Gasteiger partial charge < -0.3 is 5.73 Å². The number of rotatable bonds is 1. The molecule has 11 heavy (non-hydrogen) atoms. The number of aromatic nitrogens is 2. The predicted molar refractivity (Wildman–Crippen MR) is 43.4 cm³/mol. The molecule has 0 bridgehead atoms. The Hall–Kier alpha value is -1.32. The molecule has 0 radical (unpaired) electrons. The van der Waals surface area contributed by atoms with Gasteiger partial charge in [-0.25, -0.2) is 4.98 Å². The first-order valence-corrected chi connectivity index (χ1v) is 3.50. The third kappa shape index (κ3) is 1.39. The molecule has 1 aromatic rings. The molecule has 1 heterocycles. The standard InChI is InChI=1S/C7H11N3O/c1-3-5-4(2)6(11)10-7(8)9-5/h3H2,1-2H3,(H3,8,9,10,11). The Labute approximate surface area is 64.5 Å². The van der Waals surface area contributed by atoms with E-state index in [2.05, 4.69) is 9.97 Å². The highest BCUT2D eigenvalue weighted by molar-refractivity contribution is 5.23. The van der Waals surface area contributed by atoms with Crippen LogP contribution in [0.1, 0.15) is 18.2 Å². The molecule has 0 aliphatic heterocycles. The molecule has 0 aromatic carbocycles. The van der Waals surface area contributed by atoms with Gasteiger partial charge in [0.2, 0.25) is 5.95 Å². The van der Waals surface area contributed by atoms with Crippen LogP contribution in [0.25, 0.3) is 0 Å². The van der Waals surface area contributed by atoms with Gasteiger partial charge in [0, 0.05) is 5.56 Å². The summed E-state index contributed by atoms with van der Waals surface area (Å²) in [5.41, 5.74) is 6.62. The molecular weight excluding hydrogens is 142 g/mol. The van der Waals surface area contributed by atoms with Crippen molar-refractivity contribution in [1.82, 2.24) is 9.97 Å². The zero-order valence-electron chi connectivity index (χ0n) is 6.64. The highest BCUT2D eigenvalue weighted by Gasteiger charge is 2.02. The molecule has 1 aromatic heterocycles. The van der Waals surface area contributed by atoms with Crippen LogP contribution in [0, 0.1) is 6.92 Å². The van der Waals surface area contributed by atoms with Gasteiger partial charge in [-0.1, -0.05) is 6.92 Å². The zero-order valence-corrected chi connectivity index (χ0v) is 6.64. The van der Waals surface area contributed by atoms with E-state index in [0.717, 1.165) is 12.1 Å². The number of aromatic amines is 1. The van der Waals surface area contributed by atoms with Crippen molar-refractivity contribution in [2.75, 3.05) is 5.73 Å². The molecule has 60 valence electrons. The maximum atomic E-state index is 11.0. The lowest BCUT2D eigenvalue weighted by atomic mass is 10.2. The molecule has 0 atom stereocenters. The van der Waals surface area contributed by atoms with E-state index in [0.29, 0.717) is 5.56 Å². The largest absolute Gasteiger partial charge is 0.369 e. The fourth-order valence-corrected chi connectivity index (χ4v) is 0.943. The molecule has 0 unspecified atom stereocenters. The molecule has 0 saturated heterocycles. The predicted octanol–water partition coefficient (Wildman–Crippen LogP) is 0.223. The van der Waals surface area contributed by atoms with Crippen molar-refractivity contribution in [3.63, 3.8) is 0 Å². The summed E-state index contributed by atoms with van der Waals surface area (Å²) in [7, 11) is 0. The average Bonchev–Trinajstić information content (AvgIpc) is 1.96. The lowest BCUT2D eigenvalue weighted by Crippen LogP contribution is -2.16. The molecule has 0 saturated carbocycles. The van der Waals surface area contributed by atoms with Crippen LogP contribution in [-0.2, 0) is 6.42 Å². The quantitative estimate of drug-likeness (QED) is 0.606. The van der Waals surface area contributed by atoms with Gasteiger partial charge in [-0.05, 0) is 13.3 Å². The summed E-state index contributed by atoms with van der Waals surface area (Å²) >= 11 is 0. The Morgan fingerprint density at radius 2 is 2.27 bits per heavy atom. The monoisotopic (exact) mass is 153 g/mol. The number of H-pyrrole nitrogens is 1. The number of nitrogens with two attached hydrogens (primary N) is 1. The summed E-state index contributed by atoms with van der Waals surface area (Å²) in [6.45, 7) is 3.68. The summed E-state index contributed by atoms with van der Waals surface area (Å²) in [5, 5.41) is 0. The smallest absolute Gasteiger partial charge is 0.255 e. The molecule has 4 heteroatoms. The maximum Gasteiger partial charge on any atom is 0.255 e. The van der Waals surface area contributed by atoms with Crippen LogP contribution in [0.2, 0.25) is 0 Å². The number of nitrogens with one attached hydrogen (secondary N) is 1. The highest BCUT2D eigenvalue weighted by Crippen LogP contribution is 1.99. The summed E-state index contributed by atoms with van der Waals surface area (Å²) < 4.78 is 0. The fourth-order valence-electron chi connectivity index (χ4n) is 0.943. The number of anilines is 1. The lowest BCUT2D eigenvalue weighted by Gasteiger charge is -2.00. The van der Waals surface area contributed by atoms with Crippen LogP contribution in [-0.4, -0.2) is 9.97 Å². The maximum absolute atomic E-state index is 11.0. The first kappa shape index (κ1) is 7.78. The van der Waals surface area contributed by atoms with Gasteiger partial charge in [0.25, 0.3) is 5.56 Å². The number of nitrogens with zero attached hydrogens (tertiary/aromatic N) is 1. The van der Waals surface area contributed by atoms with Crippen LogP contribution < -0.4 is 11.3 Å². The molecule has 0 fully saturated rings. The Balaban J connectivity index is 3.36.